The van der Waals surface area contributed by atoms with E-state index in [2.05, 4.69) is 0 Å². The van der Waals surface area contributed by atoms with Gasteiger partial charge in [-0.2, -0.15) is 0 Å². The average molecular weight is 220 g/mol. The molecule has 0 N–H and O–H groups in total. The summed E-state index contributed by atoms with van der Waals surface area (Å²) in [4.78, 5) is 0. The first-order valence-electron chi connectivity index (χ1n) is 5.48. The molecule has 0 spiro atoms. The van der Waals surface area contributed by atoms with Crippen LogP contribution in [0.4, 0.5) is 0 Å². The fourth-order valence-electron chi connectivity index (χ4n) is 1.53. The van der Waals surface area contributed by atoms with Gasteiger partial charge in [0, 0.05) is 0 Å². The van der Waals surface area contributed by atoms with E-state index in [1.54, 1.807) is 6.26 Å². The molecule has 2 heterocycles. The van der Waals surface area contributed by atoms with Crippen LogP contribution in [-0.2, 0) is 9.31 Å². The van der Waals surface area contributed by atoms with Crippen molar-refractivity contribution in [3.63, 3.8) is 0 Å². The summed E-state index contributed by atoms with van der Waals surface area (Å²) in [6, 6.07) is 3.74. The summed E-state index contributed by atoms with van der Waals surface area (Å²) in [5.74, 6) is 2.67. The lowest BCUT2D eigenvalue weighted by atomic mass is 9.90. The predicted octanol–water partition coefficient (Wildman–Crippen LogP) is 2.92. The van der Waals surface area contributed by atoms with Crippen molar-refractivity contribution in [3.8, 4) is 0 Å². The first-order valence-corrected chi connectivity index (χ1v) is 5.48. The van der Waals surface area contributed by atoms with Crippen LogP contribution in [0.2, 0.25) is 0 Å². The lowest BCUT2D eigenvalue weighted by molar-refractivity contribution is 0.00578. The van der Waals surface area contributed by atoms with Gasteiger partial charge < -0.3 is 13.7 Å². The predicted molar refractivity (Wildman–Crippen MR) is 63.8 cm³/mol. The molecular weight excluding hydrogens is 203 g/mol. The summed E-state index contributed by atoms with van der Waals surface area (Å²) >= 11 is 0. The van der Waals surface area contributed by atoms with E-state index in [-0.39, 0.29) is 18.3 Å². The number of furan rings is 1. The van der Waals surface area contributed by atoms with Crippen LogP contribution in [-0.4, -0.2) is 18.3 Å². The van der Waals surface area contributed by atoms with Crippen LogP contribution in [0.1, 0.15) is 33.5 Å². The lowest BCUT2D eigenvalue weighted by Gasteiger charge is -2.32. The quantitative estimate of drug-likeness (QED) is 0.718. The van der Waals surface area contributed by atoms with Gasteiger partial charge in [0.1, 0.15) is 5.76 Å². The molecule has 1 aliphatic heterocycles. The fourth-order valence-corrected chi connectivity index (χ4v) is 1.53. The third-order valence-electron chi connectivity index (χ3n) is 3.23. The molecule has 1 aliphatic rings. The Morgan fingerprint density at radius 3 is 2.25 bits per heavy atom. The molecular formula is C12H17BO3. The van der Waals surface area contributed by atoms with Gasteiger partial charge >= 0.3 is 7.12 Å². The van der Waals surface area contributed by atoms with Crippen LogP contribution in [0.3, 0.4) is 0 Å². The van der Waals surface area contributed by atoms with Crippen molar-refractivity contribution in [3.05, 3.63) is 30.1 Å². The molecule has 1 saturated heterocycles. The fraction of sp³-hybridized carbons (Fsp3) is 0.500. The van der Waals surface area contributed by atoms with Crippen molar-refractivity contribution in [2.45, 2.75) is 38.9 Å². The molecule has 0 amide bonds. The Morgan fingerprint density at radius 2 is 1.75 bits per heavy atom. The maximum absolute atomic E-state index is 5.81. The van der Waals surface area contributed by atoms with E-state index in [0.717, 1.165) is 5.76 Å². The summed E-state index contributed by atoms with van der Waals surface area (Å²) in [7, 11) is -0.310. The van der Waals surface area contributed by atoms with E-state index in [1.807, 2.05) is 51.9 Å². The van der Waals surface area contributed by atoms with Crippen LogP contribution >= 0.6 is 0 Å². The molecule has 16 heavy (non-hydrogen) atoms. The van der Waals surface area contributed by atoms with E-state index < -0.39 is 0 Å². The molecule has 0 radical (unpaired) electrons. The van der Waals surface area contributed by atoms with Gasteiger partial charge in [0.05, 0.1) is 17.5 Å². The van der Waals surface area contributed by atoms with Gasteiger partial charge in [-0.25, -0.2) is 0 Å². The second-order valence-electron chi connectivity index (χ2n) is 5.00. The molecule has 0 atom stereocenters. The molecule has 0 bridgehead atoms. The van der Waals surface area contributed by atoms with Crippen molar-refractivity contribution in [2.75, 3.05) is 0 Å². The standard InChI is InChI=1S/C12H17BO3/c1-11(2)12(3,4)16-13(15-11)8-7-10-6-5-9-14-10/h5-9H,1-4H3/b8-7+. The summed E-state index contributed by atoms with van der Waals surface area (Å²) in [6.07, 6.45) is 3.51. The highest BCUT2D eigenvalue weighted by Crippen LogP contribution is 2.36. The van der Waals surface area contributed by atoms with Crippen LogP contribution < -0.4 is 0 Å². The summed E-state index contributed by atoms with van der Waals surface area (Å²) < 4.78 is 16.8. The second kappa shape index (κ2) is 3.79. The first kappa shape index (κ1) is 11.5. The zero-order chi connectivity index (χ0) is 11.8. The maximum Gasteiger partial charge on any atom is 0.487 e. The smallest absolute Gasteiger partial charge is 0.465 e. The normalized spacial score (nSPS) is 23.1. The highest BCUT2D eigenvalue weighted by Gasteiger charge is 2.49. The van der Waals surface area contributed by atoms with E-state index in [9.17, 15) is 0 Å². The van der Waals surface area contributed by atoms with Crippen molar-refractivity contribution < 1.29 is 13.7 Å². The monoisotopic (exact) mass is 220 g/mol. The van der Waals surface area contributed by atoms with E-state index in [1.165, 1.54) is 0 Å². The minimum absolute atomic E-state index is 0.287. The van der Waals surface area contributed by atoms with E-state index >= 15 is 0 Å². The second-order valence-corrected chi connectivity index (χ2v) is 5.00. The van der Waals surface area contributed by atoms with Gasteiger partial charge in [-0.3, -0.25) is 0 Å². The maximum atomic E-state index is 5.81. The van der Waals surface area contributed by atoms with Gasteiger partial charge in [0.25, 0.3) is 0 Å². The third kappa shape index (κ3) is 2.08. The van der Waals surface area contributed by atoms with E-state index in [0.29, 0.717) is 0 Å². The SMILES string of the molecule is CC1(C)OB(/C=C/c2ccco2)OC1(C)C. The van der Waals surface area contributed by atoms with Crippen LogP contribution in [0.25, 0.3) is 6.08 Å². The largest absolute Gasteiger partial charge is 0.487 e. The van der Waals surface area contributed by atoms with Crippen LogP contribution in [0, 0.1) is 0 Å². The van der Waals surface area contributed by atoms with Crippen LogP contribution in [0.15, 0.2) is 28.8 Å². The number of rotatable bonds is 2. The van der Waals surface area contributed by atoms with Gasteiger partial charge in [-0.15, -0.1) is 0 Å². The molecule has 86 valence electrons. The van der Waals surface area contributed by atoms with Crippen molar-refractivity contribution in [2.24, 2.45) is 0 Å². The molecule has 1 aromatic rings. The summed E-state index contributed by atoms with van der Waals surface area (Å²) in [5, 5.41) is 0. The van der Waals surface area contributed by atoms with Gasteiger partial charge in [0.2, 0.25) is 0 Å². The first-order chi connectivity index (χ1) is 7.41. The molecule has 1 aromatic heterocycles. The Hall–Kier alpha value is -0.995. The van der Waals surface area contributed by atoms with Gasteiger partial charge in [-0.05, 0) is 45.9 Å². The molecule has 0 aromatic carbocycles. The van der Waals surface area contributed by atoms with Crippen molar-refractivity contribution in [1.29, 1.82) is 0 Å². The Labute approximate surface area is 96.6 Å². The molecule has 4 heteroatoms. The molecule has 0 saturated carbocycles. The number of hydrogen-bond donors (Lipinski definition) is 0. The number of hydrogen-bond acceptors (Lipinski definition) is 3. The van der Waals surface area contributed by atoms with Crippen molar-refractivity contribution >= 4 is 13.2 Å². The zero-order valence-electron chi connectivity index (χ0n) is 10.2. The topological polar surface area (TPSA) is 31.6 Å². The third-order valence-corrected chi connectivity index (χ3v) is 3.23. The Balaban J connectivity index is 2.05. The summed E-state index contributed by atoms with van der Waals surface area (Å²) in [6.45, 7) is 8.14. The highest BCUT2D eigenvalue weighted by molar-refractivity contribution is 6.52. The van der Waals surface area contributed by atoms with Crippen LogP contribution in [0.5, 0.6) is 0 Å². The average Bonchev–Trinajstić information content (AvgIpc) is 2.70. The highest BCUT2D eigenvalue weighted by atomic mass is 16.7. The summed E-state index contributed by atoms with van der Waals surface area (Å²) in [5.41, 5.74) is -0.573. The molecule has 0 unspecified atom stereocenters. The Bertz CT molecular complexity index is 363. The molecule has 1 fully saturated rings. The minimum Gasteiger partial charge on any atom is -0.465 e. The molecule has 2 rings (SSSR count). The zero-order valence-corrected chi connectivity index (χ0v) is 10.2. The van der Waals surface area contributed by atoms with E-state index in [4.69, 9.17) is 13.7 Å². The van der Waals surface area contributed by atoms with Gasteiger partial charge in [-0.1, -0.05) is 5.98 Å². The molecule has 0 aliphatic carbocycles. The Kier molecular flexibility index (Phi) is 2.72. The van der Waals surface area contributed by atoms with Crippen molar-refractivity contribution in [1.82, 2.24) is 0 Å². The Morgan fingerprint density at radius 1 is 1.12 bits per heavy atom. The minimum atomic E-state index is -0.310. The lowest BCUT2D eigenvalue weighted by Crippen LogP contribution is -2.41. The van der Waals surface area contributed by atoms with Gasteiger partial charge in [0.15, 0.2) is 0 Å². The molecule has 3 nitrogen and oxygen atoms in total.